The van der Waals surface area contributed by atoms with E-state index in [2.05, 4.69) is 34.6 Å². The number of halogens is 3. The molecule has 38 heavy (non-hydrogen) atoms. The molecule has 10 heteroatoms. The van der Waals surface area contributed by atoms with Crippen LogP contribution in [0.25, 0.3) is 5.52 Å². The van der Waals surface area contributed by atoms with Crippen LogP contribution in [0.15, 0.2) is 23.3 Å². The normalized spacial score (nSPS) is 30.8. The van der Waals surface area contributed by atoms with Crippen molar-refractivity contribution in [1.82, 2.24) is 29.6 Å². The van der Waals surface area contributed by atoms with Crippen LogP contribution in [-0.4, -0.2) is 51.2 Å². The maximum absolute atomic E-state index is 14.2. The van der Waals surface area contributed by atoms with E-state index in [1.54, 1.807) is 10.8 Å². The number of pyridine rings is 1. The fourth-order valence-electron chi connectivity index (χ4n) is 7.70. The molecule has 4 aliphatic rings. The van der Waals surface area contributed by atoms with Crippen LogP contribution in [-0.2, 0) is 12.7 Å². The zero-order valence-electron chi connectivity index (χ0n) is 22.5. The highest BCUT2D eigenvalue weighted by Gasteiger charge is 2.44. The summed E-state index contributed by atoms with van der Waals surface area (Å²) in [5.74, 6) is 1.57. The molecule has 0 radical (unpaired) electrons. The number of hydrazine groups is 1. The van der Waals surface area contributed by atoms with Crippen LogP contribution in [0.1, 0.15) is 81.9 Å². The standard InChI is InChI=1S/C28H41F3N6O/c1-18-6-5-11-35(18)14-19-12-23(28(29,30)31)24-16-36(27(38)37(24)15-19)22-10-4-9-21(13-22)25(20-7-3-8-20)26-33-32-17-34(26)2/h12,15-16,18,20-22,25-26,32-33H,3-11,13-14,17H2,1-2H3/t18-,21?,22?,25+,26?/m0/s1. The van der Waals surface area contributed by atoms with Crippen molar-refractivity contribution in [3.8, 4) is 0 Å². The SMILES string of the molecule is C[C@H]1CCCN1Cc1cc(C(F)(F)F)c2cn(C3CCCC([C@@H](C4CCC4)C4NNCN4C)C3)c(=O)n2c1. The van der Waals surface area contributed by atoms with E-state index < -0.39 is 11.7 Å². The van der Waals surface area contributed by atoms with Gasteiger partial charge >= 0.3 is 11.9 Å². The zero-order valence-corrected chi connectivity index (χ0v) is 22.5. The van der Waals surface area contributed by atoms with Crippen LogP contribution >= 0.6 is 0 Å². The number of nitrogens with zero attached hydrogens (tertiary/aromatic N) is 4. The largest absolute Gasteiger partial charge is 0.418 e. The molecular weight excluding hydrogens is 493 g/mol. The lowest BCUT2D eigenvalue weighted by Crippen LogP contribution is -2.50. The number of nitrogens with one attached hydrogen (secondary N) is 2. The van der Waals surface area contributed by atoms with Gasteiger partial charge in [-0.05, 0) is 82.0 Å². The Morgan fingerprint density at radius 1 is 1.05 bits per heavy atom. The predicted molar refractivity (Wildman–Crippen MR) is 140 cm³/mol. The van der Waals surface area contributed by atoms with E-state index in [4.69, 9.17) is 0 Å². The van der Waals surface area contributed by atoms with E-state index in [0.717, 1.165) is 51.7 Å². The van der Waals surface area contributed by atoms with Gasteiger partial charge < -0.3 is 0 Å². The number of imidazole rings is 1. The lowest BCUT2D eigenvalue weighted by atomic mass is 9.65. The summed E-state index contributed by atoms with van der Waals surface area (Å²) < 4.78 is 45.6. The van der Waals surface area contributed by atoms with Crippen molar-refractivity contribution in [3.63, 3.8) is 0 Å². The van der Waals surface area contributed by atoms with Crippen LogP contribution < -0.4 is 16.5 Å². The minimum atomic E-state index is -4.52. The molecule has 2 N–H and O–H groups in total. The second kappa shape index (κ2) is 10.3. The minimum Gasteiger partial charge on any atom is -0.296 e. The quantitative estimate of drug-likeness (QED) is 0.569. The Balaban J connectivity index is 1.32. The van der Waals surface area contributed by atoms with Gasteiger partial charge in [-0.2, -0.15) is 13.2 Å². The molecule has 4 heterocycles. The maximum Gasteiger partial charge on any atom is 0.418 e. The molecule has 0 aromatic carbocycles. The molecule has 2 saturated carbocycles. The van der Waals surface area contributed by atoms with Crippen molar-refractivity contribution in [3.05, 3.63) is 40.1 Å². The molecule has 0 amide bonds. The van der Waals surface area contributed by atoms with E-state index in [0.29, 0.717) is 35.9 Å². The highest BCUT2D eigenvalue weighted by Crippen LogP contribution is 2.47. The number of alkyl halides is 3. The molecule has 0 bridgehead atoms. The molecule has 2 aliphatic carbocycles. The Bertz CT molecular complexity index is 1200. The van der Waals surface area contributed by atoms with Crippen molar-refractivity contribution >= 4 is 5.52 Å². The van der Waals surface area contributed by atoms with Gasteiger partial charge in [-0.15, -0.1) is 0 Å². The van der Waals surface area contributed by atoms with Crippen LogP contribution in [0.3, 0.4) is 0 Å². The Hall–Kier alpha value is -1.88. The van der Waals surface area contributed by atoms with Crippen molar-refractivity contribution in [2.24, 2.45) is 17.8 Å². The molecule has 2 saturated heterocycles. The van der Waals surface area contributed by atoms with E-state index in [-0.39, 0.29) is 23.4 Å². The van der Waals surface area contributed by atoms with Gasteiger partial charge in [0.25, 0.3) is 0 Å². The summed E-state index contributed by atoms with van der Waals surface area (Å²) in [6.45, 7) is 4.22. The van der Waals surface area contributed by atoms with Gasteiger partial charge in [-0.1, -0.05) is 25.7 Å². The lowest BCUT2D eigenvalue weighted by molar-refractivity contribution is -0.136. The smallest absolute Gasteiger partial charge is 0.296 e. The second-order valence-electron chi connectivity index (χ2n) is 12.3. The molecule has 2 aliphatic heterocycles. The van der Waals surface area contributed by atoms with Crippen LogP contribution in [0.2, 0.25) is 0 Å². The number of fused-ring (bicyclic) bond motifs is 1. The Kier molecular flexibility index (Phi) is 7.12. The zero-order chi connectivity index (χ0) is 26.6. The molecule has 2 aromatic rings. The second-order valence-corrected chi connectivity index (χ2v) is 12.3. The average Bonchev–Trinajstić information content (AvgIpc) is 3.55. The van der Waals surface area contributed by atoms with Crippen LogP contribution in [0.4, 0.5) is 13.2 Å². The summed E-state index contributed by atoms with van der Waals surface area (Å²) in [4.78, 5) is 18.2. The number of hydrogen-bond donors (Lipinski definition) is 2. The molecule has 3 unspecified atom stereocenters. The number of likely N-dealkylation sites (tertiary alicyclic amines) is 1. The molecule has 2 aromatic heterocycles. The van der Waals surface area contributed by atoms with Gasteiger partial charge in [0.2, 0.25) is 0 Å². The first-order chi connectivity index (χ1) is 18.2. The van der Waals surface area contributed by atoms with Crippen LogP contribution in [0.5, 0.6) is 0 Å². The van der Waals surface area contributed by atoms with Crippen molar-refractivity contribution in [2.45, 2.75) is 95.7 Å². The van der Waals surface area contributed by atoms with E-state index in [1.165, 1.54) is 35.9 Å². The fraction of sp³-hybridized carbons (Fsp3) is 0.750. The summed E-state index contributed by atoms with van der Waals surface area (Å²) >= 11 is 0. The Morgan fingerprint density at radius 2 is 1.82 bits per heavy atom. The van der Waals surface area contributed by atoms with Crippen LogP contribution in [0, 0.1) is 17.8 Å². The van der Waals surface area contributed by atoms with E-state index >= 15 is 0 Å². The molecule has 5 atom stereocenters. The van der Waals surface area contributed by atoms with Crippen molar-refractivity contribution < 1.29 is 13.2 Å². The van der Waals surface area contributed by atoms with Crippen molar-refractivity contribution in [1.29, 1.82) is 0 Å². The van der Waals surface area contributed by atoms with Crippen molar-refractivity contribution in [2.75, 3.05) is 20.3 Å². The molecule has 4 fully saturated rings. The topological polar surface area (TPSA) is 57.0 Å². The summed E-state index contributed by atoms with van der Waals surface area (Å²) in [7, 11) is 2.13. The summed E-state index contributed by atoms with van der Waals surface area (Å²) in [5, 5.41) is 0. The monoisotopic (exact) mass is 534 g/mol. The first-order valence-electron chi connectivity index (χ1n) is 14.5. The van der Waals surface area contributed by atoms with E-state index in [9.17, 15) is 18.0 Å². The van der Waals surface area contributed by atoms with Gasteiger partial charge in [0.15, 0.2) is 0 Å². The summed E-state index contributed by atoms with van der Waals surface area (Å²) in [6.07, 6.45) is 8.48. The molecular formula is C28H41F3N6O. The third-order valence-electron chi connectivity index (χ3n) is 9.97. The average molecular weight is 535 g/mol. The van der Waals surface area contributed by atoms with Gasteiger partial charge in [-0.25, -0.2) is 15.6 Å². The predicted octanol–water partition coefficient (Wildman–Crippen LogP) is 4.57. The van der Waals surface area contributed by atoms with Gasteiger partial charge in [0.05, 0.1) is 23.9 Å². The first kappa shape index (κ1) is 26.3. The highest BCUT2D eigenvalue weighted by atomic mass is 19.4. The van der Waals surface area contributed by atoms with Gasteiger partial charge in [0.1, 0.15) is 0 Å². The fourth-order valence-corrected chi connectivity index (χ4v) is 7.70. The Morgan fingerprint density at radius 3 is 2.45 bits per heavy atom. The summed E-state index contributed by atoms with van der Waals surface area (Å²) in [6, 6.07) is 1.52. The number of aromatic nitrogens is 2. The third-order valence-corrected chi connectivity index (χ3v) is 9.97. The Labute approximate surface area is 222 Å². The lowest BCUT2D eigenvalue weighted by Gasteiger charge is -2.46. The summed E-state index contributed by atoms with van der Waals surface area (Å²) in [5.41, 5.74) is 6.22. The minimum absolute atomic E-state index is 0.0280. The molecule has 210 valence electrons. The van der Waals surface area contributed by atoms with Gasteiger partial charge in [-0.3, -0.25) is 18.8 Å². The number of rotatable bonds is 6. The maximum atomic E-state index is 14.2. The molecule has 7 nitrogen and oxygen atoms in total. The number of hydrogen-bond acceptors (Lipinski definition) is 5. The molecule has 6 rings (SSSR count). The van der Waals surface area contributed by atoms with E-state index in [1.807, 2.05) is 0 Å². The highest BCUT2D eigenvalue weighted by molar-refractivity contribution is 5.56. The van der Waals surface area contributed by atoms with Gasteiger partial charge in [0, 0.05) is 31.0 Å². The molecule has 0 spiro atoms. The third kappa shape index (κ3) is 4.82. The first-order valence-corrected chi connectivity index (χ1v) is 14.5.